The number of nitrogens with zero attached hydrogens (tertiary/aromatic N) is 6. The number of anilines is 2. The Labute approximate surface area is 422 Å². The molecule has 2 saturated heterocycles. The zero-order valence-electron chi connectivity index (χ0n) is 45.6. The van der Waals surface area contributed by atoms with E-state index in [2.05, 4.69) is 200 Å². The normalized spacial score (nSPS) is 26.8. The molecule has 364 valence electrons. The van der Waals surface area contributed by atoms with Gasteiger partial charge in [-0.05, 0) is 0 Å². The van der Waals surface area contributed by atoms with Crippen molar-refractivity contribution in [1.29, 1.82) is 0 Å². The molecule has 4 atom stereocenters. The molecule has 0 amide bonds. The summed E-state index contributed by atoms with van der Waals surface area (Å²) in [5.74, 6) is 3.08. The van der Waals surface area contributed by atoms with Crippen LogP contribution in [0.4, 0.5) is 11.4 Å². The van der Waals surface area contributed by atoms with Crippen LogP contribution in [0.3, 0.4) is 0 Å². The first-order chi connectivity index (χ1) is 29.7. The first kappa shape index (κ1) is 52.8. The molecule has 2 aromatic carbocycles. The second-order valence-corrected chi connectivity index (χ2v) is 44.9. The number of aryl methyl sites for hydroxylation is 6. The molecule has 0 N–H and O–H groups in total. The van der Waals surface area contributed by atoms with Gasteiger partial charge in [0.05, 0.1) is 0 Å². The molecular formula is C52H93ClGe2N6P2Si2. The third-order valence-electron chi connectivity index (χ3n) is 15.9. The molecule has 2 saturated carbocycles. The van der Waals surface area contributed by atoms with E-state index in [1.165, 1.54) is 83.3 Å². The molecule has 0 radical (unpaired) electrons. The van der Waals surface area contributed by atoms with Crippen LogP contribution in [0, 0.1) is 65.2 Å². The number of rotatable bonds is 7. The van der Waals surface area contributed by atoms with Crippen molar-refractivity contribution in [3.8, 4) is 0 Å². The van der Waals surface area contributed by atoms with Gasteiger partial charge in [-0.15, -0.1) is 0 Å². The van der Waals surface area contributed by atoms with Gasteiger partial charge in [0.2, 0.25) is 0 Å². The van der Waals surface area contributed by atoms with Crippen molar-refractivity contribution in [2.75, 3.05) is 7.71 Å². The van der Waals surface area contributed by atoms with E-state index in [0.29, 0.717) is 22.7 Å². The molecule has 6 nitrogen and oxygen atoms in total. The van der Waals surface area contributed by atoms with Crippen LogP contribution in [0.5, 0.6) is 0 Å². The van der Waals surface area contributed by atoms with Crippen LogP contribution in [0.15, 0.2) is 46.3 Å². The molecule has 0 aromatic heterocycles. The first-order valence-electron chi connectivity index (χ1n) is 25.3. The van der Waals surface area contributed by atoms with E-state index in [1.807, 2.05) is 10.6 Å². The Bertz CT molecular complexity index is 2160. The van der Waals surface area contributed by atoms with E-state index >= 15 is 0 Å². The van der Waals surface area contributed by atoms with Crippen molar-refractivity contribution in [3.63, 3.8) is 0 Å². The Kier molecular flexibility index (Phi) is 14.6. The molecule has 4 bridgehead atoms. The van der Waals surface area contributed by atoms with Gasteiger partial charge in [-0.3, -0.25) is 0 Å². The van der Waals surface area contributed by atoms with Crippen LogP contribution in [-0.2, 0) is 0 Å². The fourth-order valence-electron chi connectivity index (χ4n) is 15.3. The molecule has 0 spiro atoms. The van der Waals surface area contributed by atoms with Crippen molar-refractivity contribution < 1.29 is 0 Å². The average Bonchev–Trinajstić information content (AvgIpc) is 3.90. The third kappa shape index (κ3) is 9.16. The SMILES string of the molecule is Cc1cc(C)c([N]([GeH2-][Cl])C2=C([PH+]3N(C(C)(C)C)[Si](C)(C)N3C(C)(C)C)C3CCC2C3)c(C)c1.Cc1cc(C)c([N]([GeH3-])C2=C([PH+]3N(C(C)(C)C)[Si](C)(C)N3C(C)(C)C)[C@H]3CC[C@@H]2C3)c(C)c1. The van der Waals surface area contributed by atoms with Gasteiger partial charge in [0.25, 0.3) is 0 Å². The number of benzene rings is 2. The molecule has 2 aromatic rings. The van der Waals surface area contributed by atoms with E-state index in [0.717, 1.165) is 17.8 Å². The van der Waals surface area contributed by atoms with Crippen LogP contribution in [0.1, 0.15) is 155 Å². The minimum absolute atomic E-state index is 0.203. The summed E-state index contributed by atoms with van der Waals surface area (Å²) in [6.45, 7) is 53.6. The van der Waals surface area contributed by atoms with Gasteiger partial charge >= 0.3 is 426 Å². The summed E-state index contributed by atoms with van der Waals surface area (Å²) < 4.78 is 17.7. The minimum atomic E-state index is -1.68. The van der Waals surface area contributed by atoms with Crippen LogP contribution in [0.2, 0.25) is 26.2 Å². The molecule has 8 rings (SSSR count). The Morgan fingerprint density at radius 2 is 0.815 bits per heavy atom. The summed E-state index contributed by atoms with van der Waals surface area (Å²) in [6, 6.07) is 9.50. The summed E-state index contributed by atoms with van der Waals surface area (Å²) >= 11 is -0.824. The molecule has 2 heterocycles. The number of hydrogen-bond acceptors (Lipinski definition) is 6. The van der Waals surface area contributed by atoms with Gasteiger partial charge in [0.1, 0.15) is 0 Å². The standard InChI is InChI=1S/C26H45ClGeN3PSi.C26H46GeN3PSi/c1-17-14-18(2)22(19(3)15-17)29(28-27)23-20-12-13-21(16-20)24(23)32-30(25(4,5)6)33(10,11)31(32)26(7,8)9;1-17-14-18(2)22(19(3)15-17)28(27)23-20-12-13-21(16-20)24(23)31-29(25(4,5)6)32(10,11)30(31)26(7,8)9/h14-15,20-21H,12-13,16,28H2,1-11H3;14-15,20-21H,12-13,16H2,1-11,27H3/q2*-1/p+2/t;20-,21+/m.1/s1. The molecule has 2 unspecified atom stereocenters. The maximum absolute atomic E-state index is 7.01. The van der Waals surface area contributed by atoms with Crippen molar-refractivity contribution in [2.24, 2.45) is 23.7 Å². The molecular weight excluding hydrogens is 1010 g/mol. The van der Waals surface area contributed by atoms with E-state index in [9.17, 15) is 0 Å². The fraction of sp³-hybridized carbons (Fsp3) is 0.692. The molecule has 2 aliphatic heterocycles. The van der Waals surface area contributed by atoms with Crippen LogP contribution in [-0.4, -0.2) is 87.8 Å². The van der Waals surface area contributed by atoms with Crippen LogP contribution in [0.25, 0.3) is 0 Å². The summed E-state index contributed by atoms with van der Waals surface area (Å²) in [6.07, 6.45) is 8.32. The van der Waals surface area contributed by atoms with E-state index in [1.54, 1.807) is 11.4 Å². The van der Waals surface area contributed by atoms with Crippen molar-refractivity contribution in [1.82, 2.24) is 17.3 Å². The number of allylic oxidation sites excluding steroid dienone is 4. The van der Waals surface area contributed by atoms with Gasteiger partial charge in [-0.25, -0.2) is 0 Å². The zero-order valence-corrected chi connectivity index (χ0v) is 57.5. The predicted octanol–water partition coefficient (Wildman–Crippen LogP) is 13.6. The monoisotopic (exact) mass is 1100 g/mol. The van der Waals surface area contributed by atoms with Crippen LogP contribution >= 0.6 is 26.5 Å². The number of halogens is 1. The van der Waals surface area contributed by atoms with Crippen LogP contribution < -0.4 is 7.71 Å². The molecule has 4 aliphatic carbocycles. The molecule has 6 aliphatic rings. The number of hydrogen-bond donors (Lipinski definition) is 0. The van der Waals surface area contributed by atoms with E-state index in [-0.39, 0.29) is 22.2 Å². The first-order valence-corrected chi connectivity index (χ1v) is 41.0. The van der Waals surface area contributed by atoms with E-state index in [4.69, 9.17) is 10.0 Å². The van der Waals surface area contributed by atoms with E-state index < -0.39 is 48.0 Å². The second kappa shape index (κ2) is 18.0. The average molecular weight is 1100 g/mol. The molecule has 4 fully saturated rings. The molecule has 13 heteroatoms. The Morgan fingerprint density at radius 3 is 1.14 bits per heavy atom. The van der Waals surface area contributed by atoms with Gasteiger partial charge in [-0.2, -0.15) is 0 Å². The summed E-state index contributed by atoms with van der Waals surface area (Å²) in [5.41, 5.74) is 15.8. The van der Waals surface area contributed by atoms with Crippen molar-refractivity contribution >= 4 is 86.1 Å². The summed E-state index contributed by atoms with van der Waals surface area (Å²) in [5, 5.41) is 3.73. The maximum atomic E-state index is 7.01. The Hall–Kier alpha value is 0.0295. The van der Waals surface area contributed by atoms with Crippen molar-refractivity contribution in [2.45, 2.75) is 211 Å². The summed E-state index contributed by atoms with van der Waals surface area (Å²) in [4.78, 5) is 0. The second-order valence-electron chi connectivity index (χ2n) is 26.3. The quantitative estimate of drug-likeness (QED) is 0.202. The number of fused-ring (bicyclic) bond motifs is 4. The topological polar surface area (TPSA) is 19.4 Å². The Balaban J connectivity index is 0.000000194. The Morgan fingerprint density at radius 1 is 0.523 bits per heavy atom. The van der Waals surface area contributed by atoms with Gasteiger partial charge in [0.15, 0.2) is 0 Å². The zero-order chi connectivity index (χ0) is 48.6. The fourth-order valence-corrected chi connectivity index (χ4v) is 46.7. The van der Waals surface area contributed by atoms with Crippen molar-refractivity contribution in [3.05, 3.63) is 79.7 Å². The van der Waals surface area contributed by atoms with Gasteiger partial charge in [0, 0.05) is 0 Å². The van der Waals surface area contributed by atoms with Gasteiger partial charge in [-0.1, -0.05) is 0 Å². The third-order valence-corrected chi connectivity index (χ3v) is 43.8. The van der Waals surface area contributed by atoms with Gasteiger partial charge < -0.3 is 0 Å². The summed E-state index contributed by atoms with van der Waals surface area (Å²) in [7, 11) is 1.85. The molecule has 65 heavy (non-hydrogen) atoms. The predicted molar refractivity (Wildman–Crippen MR) is 304 cm³/mol.